The average molecular weight is 570 g/mol. The van der Waals surface area contributed by atoms with Gasteiger partial charge in [0.05, 0.1) is 0 Å². The molecule has 4 aromatic carbocycles. The van der Waals surface area contributed by atoms with Crippen LogP contribution in [0.5, 0.6) is 0 Å². The lowest BCUT2D eigenvalue weighted by Crippen LogP contribution is -2.39. The van der Waals surface area contributed by atoms with Gasteiger partial charge in [0, 0.05) is 48.4 Å². The first-order chi connectivity index (χ1) is 19.5. The van der Waals surface area contributed by atoms with Crippen LogP contribution in [0, 0.1) is 0 Å². The highest BCUT2D eigenvalue weighted by Crippen LogP contribution is 2.18. The zero-order valence-electron chi connectivity index (χ0n) is 22.0. The van der Waals surface area contributed by atoms with Crippen molar-refractivity contribution in [2.24, 2.45) is 0 Å². The molecule has 6 heteroatoms. The third-order valence-corrected chi connectivity index (χ3v) is 7.01. The number of rotatable bonds is 11. The molecular weight excluding hydrogens is 539 g/mol. The van der Waals surface area contributed by atoms with Gasteiger partial charge < -0.3 is 9.80 Å². The van der Waals surface area contributed by atoms with E-state index < -0.39 is 0 Å². The van der Waals surface area contributed by atoms with Crippen LogP contribution in [-0.2, 0) is 22.7 Å². The summed E-state index contributed by atoms with van der Waals surface area (Å²) in [5.74, 6) is -0.329. The molecule has 202 valence electrons. The lowest BCUT2D eigenvalue weighted by molar-refractivity contribution is -0.130. The molecule has 0 radical (unpaired) electrons. The number of halogens is 2. The molecule has 0 heterocycles. The molecule has 0 atom stereocenters. The van der Waals surface area contributed by atoms with E-state index in [1.165, 1.54) is 12.2 Å². The summed E-state index contributed by atoms with van der Waals surface area (Å²) in [5.41, 5.74) is 3.54. The van der Waals surface area contributed by atoms with E-state index in [2.05, 4.69) is 0 Å². The Hall–Kier alpha value is -4.12. The maximum atomic E-state index is 13.4. The average Bonchev–Trinajstić information content (AvgIpc) is 2.98. The molecule has 0 saturated heterocycles. The van der Waals surface area contributed by atoms with E-state index in [1.807, 2.05) is 97.1 Å². The number of amides is 2. The minimum atomic E-state index is -0.164. The predicted octanol–water partition coefficient (Wildman–Crippen LogP) is 7.78. The van der Waals surface area contributed by atoms with Gasteiger partial charge in [-0.15, -0.1) is 0 Å². The van der Waals surface area contributed by atoms with Gasteiger partial charge in [0.1, 0.15) is 0 Å². The lowest BCUT2D eigenvalue weighted by Gasteiger charge is -2.27. The van der Waals surface area contributed by atoms with Crippen LogP contribution >= 0.6 is 23.2 Å². The second-order valence-corrected chi connectivity index (χ2v) is 10.0. The van der Waals surface area contributed by atoms with Crippen LogP contribution in [0.3, 0.4) is 0 Å². The van der Waals surface area contributed by atoms with E-state index in [9.17, 15) is 9.59 Å². The first-order valence-corrected chi connectivity index (χ1v) is 13.8. The molecule has 0 fully saturated rings. The van der Waals surface area contributed by atoms with Gasteiger partial charge in [0.25, 0.3) is 0 Å². The quantitative estimate of drug-likeness (QED) is 0.173. The number of nitrogens with zero attached hydrogens (tertiary/aromatic N) is 2. The molecule has 0 saturated carbocycles. The molecule has 0 aliphatic rings. The molecule has 0 aromatic heterocycles. The van der Waals surface area contributed by atoms with Crippen LogP contribution in [0.15, 0.2) is 121 Å². The van der Waals surface area contributed by atoms with Crippen molar-refractivity contribution < 1.29 is 9.59 Å². The van der Waals surface area contributed by atoms with Gasteiger partial charge in [-0.2, -0.15) is 0 Å². The monoisotopic (exact) mass is 568 g/mol. The van der Waals surface area contributed by atoms with Crippen LogP contribution in [0.25, 0.3) is 12.2 Å². The zero-order valence-corrected chi connectivity index (χ0v) is 23.5. The van der Waals surface area contributed by atoms with Crippen molar-refractivity contribution in [1.82, 2.24) is 9.80 Å². The molecule has 0 aliphatic carbocycles. The maximum absolute atomic E-state index is 13.4. The van der Waals surface area contributed by atoms with E-state index in [4.69, 9.17) is 23.2 Å². The topological polar surface area (TPSA) is 40.6 Å². The summed E-state index contributed by atoms with van der Waals surface area (Å²) in [4.78, 5) is 30.3. The lowest BCUT2D eigenvalue weighted by atomic mass is 10.1. The van der Waals surface area contributed by atoms with Gasteiger partial charge in [-0.25, -0.2) is 0 Å². The standard InChI is InChI=1S/C34H30Cl2N2O2/c35-31-17-9-7-15-29(31)19-21-33(39)37(25-27-11-3-1-4-12-27)23-24-38(26-28-13-5-2-6-14-28)34(40)22-20-30-16-8-10-18-32(30)36/h1-22H,23-26H2/b21-19+,22-20+. The Balaban J connectivity index is 1.54. The van der Waals surface area contributed by atoms with Gasteiger partial charge >= 0.3 is 0 Å². The summed E-state index contributed by atoms with van der Waals surface area (Å²) < 4.78 is 0. The Morgan fingerprint density at radius 2 is 0.875 bits per heavy atom. The van der Waals surface area contributed by atoms with Gasteiger partial charge in [0.2, 0.25) is 11.8 Å². The highest BCUT2D eigenvalue weighted by Gasteiger charge is 2.17. The fourth-order valence-electron chi connectivity index (χ4n) is 4.14. The highest BCUT2D eigenvalue weighted by atomic mass is 35.5. The fourth-order valence-corrected chi connectivity index (χ4v) is 4.53. The number of benzene rings is 4. The second kappa shape index (κ2) is 14.9. The number of carbonyl (C=O) groups excluding carboxylic acids is 2. The SMILES string of the molecule is O=C(/C=C/c1ccccc1Cl)N(CCN(Cc1ccccc1)C(=O)/C=C/c1ccccc1Cl)Cc1ccccc1. The summed E-state index contributed by atoms with van der Waals surface area (Å²) in [6.07, 6.45) is 6.51. The van der Waals surface area contributed by atoms with Crippen LogP contribution in [-0.4, -0.2) is 34.7 Å². The Morgan fingerprint density at radius 3 is 1.25 bits per heavy atom. The minimum Gasteiger partial charge on any atom is -0.333 e. The normalized spacial score (nSPS) is 11.2. The fraction of sp³-hybridized carbons (Fsp3) is 0.118. The van der Waals surface area contributed by atoms with Crippen LogP contribution in [0.4, 0.5) is 0 Å². The molecule has 4 nitrogen and oxygen atoms in total. The predicted molar refractivity (Wildman–Crippen MR) is 165 cm³/mol. The van der Waals surface area contributed by atoms with Gasteiger partial charge in [-0.3, -0.25) is 9.59 Å². The Morgan fingerprint density at radius 1 is 0.525 bits per heavy atom. The van der Waals surface area contributed by atoms with Crippen LogP contribution < -0.4 is 0 Å². The number of hydrogen-bond donors (Lipinski definition) is 0. The molecule has 4 rings (SSSR count). The molecule has 4 aromatic rings. The largest absolute Gasteiger partial charge is 0.333 e. The molecular formula is C34H30Cl2N2O2. The first-order valence-electron chi connectivity index (χ1n) is 13.0. The summed E-state index contributed by atoms with van der Waals surface area (Å²) >= 11 is 12.6. The first kappa shape index (κ1) is 28.9. The smallest absolute Gasteiger partial charge is 0.246 e. The van der Waals surface area contributed by atoms with Crippen molar-refractivity contribution in [1.29, 1.82) is 0 Å². The van der Waals surface area contributed by atoms with Crippen molar-refractivity contribution in [3.8, 4) is 0 Å². The molecule has 2 amide bonds. The minimum absolute atomic E-state index is 0.164. The van der Waals surface area contributed by atoms with Crippen molar-refractivity contribution in [3.63, 3.8) is 0 Å². The third kappa shape index (κ3) is 8.70. The van der Waals surface area contributed by atoms with Gasteiger partial charge in [0.15, 0.2) is 0 Å². The number of hydrogen-bond acceptors (Lipinski definition) is 2. The molecule has 0 spiro atoms. The zero-order chi connectivity index (χ0) is 28.2. The molecule has 40 heavy (non-hydrogen) atoms. The summed E-state index contributed by atoms with van der Waals surface area (Å²) in [6, 6.07) is 34.4. The second-order valence-electron chi connectivity index (χ2n) is 9.20. The van der Waals surface area contributed by atoms with E-state index in [0.717, 1.165) is 22.3 Å². The maximum Gasteiger partial charge on any atom is 0.246 e. The van der Waals surface area contributed by atoms with Crippen molar-refractivity contribution >= 4 is 47.2 Å². The molecule has 0 aliphatic heterocycles. The van der Waals surface area contributed by atoms with E-state index >= 15 is 0 Å². The van der Waals surface area contributed by atoms with Crippen molar-refractivity contribution in [3.05, 3.63) is 154 Å². The molecule has 0 N–H and O–H groups in total. The van der Waals surface area contributed by atoms with E-state index in [0.29, 0.717) is 36.2 Å². The highest BCUT2D eigenvalue weighted by molar-refractivity contribution is 6.32. The Kier molecular flexibility index (Phi) is 10.7. The third-order valence-electron chi connectivity index (χ3n) is 6.32. The molecule has 0 bridgehead atoms. The van der Waals surface area contributed by atoms with Crippen molar-refractivity contribution in [2.45, 2.75) is 13.1 Å². The summed E-state index contributed by atoms with van der Waals surface area (Å²) in [7, 11) is 0. The van der Waals surface area contributed by atoms with Crippen LogP contribution in [0.2, 0.25) is 10.0 Å². The van der Waals surface area contributed by atoms with E-state index in [1.54, 1.807) is 34.1 Å². The summed E-state index contributed by atoms with van der Waals surface area (Å²) in [5, 5.41) is 1.15. The molecule has 0 unspecified atom stereocenters. The Bertz CT molecular complexity index is 1360. The summed E-state index contributed by atoms with van der Waals surface area (Å²) in [6.45, 7) is 1.52. The van der Waals surface area contributed by atoms with Gasteiger partial charge in [-0.05, 0) is 46.5 Å². The Labute approximate surface area is 245 Å². The van der Waals surface area contributed by atoms with Crippen molar-refractivity contribution in [2.75, 3.05) is 13.1 Å². The number of carbonyl (C=O) groups is 2. The van der Waals surface area contributed by atoms with Gasteiger partial charge in [-0.1, -0.05) is 120 Å². The van der Waals surface area contributed by atoms with E-state index in [-0.39, 0.29) is 11.8 Å². The van der Waals surface area contributed by atoms with Crippen LogP contribution in [0.1, 0.15) is 22.3 Å².